The van der Waals surface area contributed by atoms with Crippen molar-refractivity contribution in [2.75, 3.05) is 41.4 Å². The molecule has 2 aromatic carbocycles. The molecule has 0 bridgehead atoms. The van der Waals surface area contributed by atoms with Crippen LogP contribution in [0.3, 0.4) is 0 Å². The first-order valence-electron chi connectivity index (χ1n) is 12.3. The van der Waals surface area contributed by atoms with E-state index in [9.17, 15) is 20.0 Å². The van der Waals surface area contributed by atoms with E-state index < -0.39 is 35.4 Å². The molecule has 208 valence electrons. The van der Waals surface area contributed by atoms with Crippen LogP contribution >= 0.6 is 11.6 Å². The molecule has 0 saturated carbocycles. The first kappa shape index (κ1) is 28.7. The number of anilines is 4. The average Bonchev–Trinajstić information content (AvgIpc) is 3.01. The van der Waals surface area contributed by atoms with Crippen molar-refractivity contribution in [3.8, 4) is 17.2 Å². The van der Waals surface area contributed by atoms with E-state index in [2.05, 4.69) is 15.6 Å². The molecule has 3 aromatic rings. The van der Waals surface area contributed by atoms with Gasteiger partial charge in [0, 0.05) is 48.7 Å². The van der Waals surface area contributed by atoms with E-state index in [-0.39, 0.29) is 55.4 Å². The van der Waals surface area contributed by atoms with Crippen LogP contribution in [0.15, 0.2) is 42.6 Å². The molecule has 2 heterocycles. The van der Waals surface area contributed by atoms with Crippen LogP contribution < -0.4 is 20.4 Å². The van der Waals surface area contributed by atoms with Crippen molar-refractivity contribution >= 4 is 46.5 Å². The predicted octanol–water partition coefficient (Wildman–Crippen LogP) is 4.49. The number of carbonyl (C=O) groups is 2. The Bertz CT molecular complexity index is 1480. The Kier molecular flexibility index (Phi) is 8.79. The van der Waals surface area contributed by atoms with Crippen LogP contribution in [0.4, 0.5) is 36.5 Å². The molecule has 0 fully saturated rings. The molecule has 1 atom stereocenters. The summed E-state index contributed by atoms with van der Waals surface area (Å²) in [4.78, 5) is 31.1. The largest absolute Gasteiger partial charge is 0.481 e. The van der Waals surface area contributed by atoms with Gasteiger partial charge >= 0.3 is 12.0 Å². The Morgan fingerprint density at radius 1 is 1.18 bits per heavy atom. The highest BCUT2D eigenvalue weighted by Crippen LogP contribution is 2.45. The number of urea groups is 1. The average molecular weight is 571 g/mol. The molecule has 0 spiro atoms. The molecule has 1 aliphatic heterocycles. The lowest BCUT2D eigenvalue weighted by Gasteiger charge is -2.28. The molecule has 2 amide bonds. The molecule has 4 rings (SSSR count). The van der Waals surface area contributed by atoms with Crippen LogP contribution in [0.5, 0.6) is 0 Å². The second-order valence-corrected chi connectivity index (χ2v) is 9.31. The summed E-state index contributed by atoms with van der Waals surface area (Å²) in [5.74, 6) is -2.90. The van der Waals surface area contributed by atoms with Gasteiger partial charge in [0.15, 0.2) is 11.6 Å². The first-order chi connectivity index (χ1) is 19.2. The summed E-state index contributed by atoms with van der Waals surface area (Å²) < 4.78 is 31.3. The highest BCUT2D eigenvalue weighted by molar-refractivity contribution is 6.31. The van der Waals surface area contributed by atoms with Crippen LogP contribution in [0.2, 0.25) is 5.02 Å². The maximum atomic E-state index is 15.6. The zero-order valence-electron chi connectivity index (χ0n) is 21.3. The van der Waals surface area contributed by atoms with Crippen LogP contribution in [0.1, 0.15) is 18.9 Å². The number of hydrogen-bond donors (Lipinski definition) is 4. The number of benzene rings is 2. The van der Waals surface area contributed by atoms with Crippen molar-refractivity contribution in [2.45, 2.75) is 19.4 Å². The third-order valence-electron chi connectivity index (χ3n) is 6.25. The maximum Gasteiger partial charge on any atom is 0.334 e. The first-order valence-corrected chi connectivity index (χ1v) is 12.7. The molecule has 13 heteroatoms. The number of hydrogen-bond acceptors (Lipinski definition) is 7. The second-order valence-electron chi connectivity index (χ2n) is 8.88. The van der Waals surface area contributed by atoms with Gasteiger partial charge in [-0.15, -0.1) is 0 Å². The second kappa shape index (κ2) is 12.3. The minimum absolute atomic E-state index is 0.0803. The molecule has 1 aliphatic rings. The molecular formula is C27H25ClF2N6O4. The Balaban J connectivity index is 1.71. The fourth-order valence-electron chi connectivity index (χ4n) is 4.45. The van der Waals surface area contributed by atoms with Gasteiger partial charge in [0.05, 0.1) is 35.4 Å². The number of amides is 2. The number of nitrogens with one attached hydrogen (secondary N) is 2. The van der Waals surface area contributed by atoms with Gasteiger partial charge in [-0.3, -0.25) is 14.6 Å². The zero-order valence-corrected chi connectivity index (χ0v) is 22.0. The van der Waals surface area contributed by atoms with Crippen molar-refractivity contribution < 1.29 is 28.6 Å². The van der Waals surface area contributed by atoms with E-state index in [1.54, 1.807) is 19.1 Å². The molecule has 0 aliphatic carbocycles. The third kappa shape index (κ3) is 5.81. The SMILES string of the molecule is CCN1C(=O)N(c2c(F)cc(NCCN[C@@H](CO)CC(=O)O)cc2F)c2cc(C#N)ccc2-c2cc(Cl)cnc21. The lowest BCUT2D eigenvalue weighted by molar-refractivity contribution is -0.137. The summed E-state index contributed by atoms with van der Waals surface area (Å²) >= 11 is 6.20. The monoisotopic (exact) mass is 570 g/mol. The summed E-state index contributed by atoms with van der Waals surface area (Å²) in [6.07, 6.45) is 1.09. The van der Waals surface area contributed by atoms with Gasteiger partial charge in [0.1, 0.15) is 11.5 Å². The fourth-order valence-corrected chi connectivity index (χ4v) is 4.61. The summed E-state index contributed by atoms with van der Waals surface area (Å²) in [6, 6.07) is 8.69. The van der Waals surface area contributed by atoms with Crippen LogP contribution in [0, 0.1) is 23.0 Å². The number of halogens is 3. The molecule has 4 N–H and O–H groups in total. The van der Waals surface area contributed by atoms with Crippen LogP contribution in [-0.2, 0) is 4.79 Å². The quantitative estimate of drug-likeness (QED) is 0.261. The van der Waals surface area contributed by atoms with Gasteiger partial charge < -0.3 is 20.8 Å². The highest BCUT2D eigenvalue weighted by atomic mass is 35.5. The number of carboxylic acid groups (broad SMARTS) is 1. The van der Waals surface area contributed by atoms with Crippen LogP contribution in [0.25, 0.3) is 11.1 Å². The number of aliphatic carboxylic acids is 1. The number of nitriles is 1. The minimum atomic E-state index is -1.07. The van der Waals surface area contributed by atoms with Crippen molar-refractivity contribution in [3.63, 3.8) is 0 Å². The van der Waals surface area contributed by atoms with Crippen molar-refractivity contribution in [3.05, 3.63) is 64.8 Å². The number of carbonyl (C=O) groups excluding carboxylic acids is 1. The normalized spacial score (nSPS) is 13.2. The van der Waals surface area contributed by atoms with Gasteiger partial charge in [0.25, 0.3) is 0 Å². The highest BCUT2D eigenvalue weighted by Gasteiger charge is 2.36. The summed E-state index contributed by atoms with van der Waals surface area (Å²) in [5.41, 5.74) is 0.566. The number of nitrogens with zero attached hydrogens (tertiary/aromatic N) is 4. The number of rotatable bonds is 10. The van der Waals surface area contributed by atoms with E-state index in [1.165, 1.54) is 23.2 Å². The van der Waals surface area contributed by atoms with Crippen molar-refractivity contribution in [1.29, 1.82) is 5.26 Å². The maximum absolute atomic E-state index is 15.6. The van der Waals surface area contributed by atoms with E-state index in [0.717, 1.165) is 17.0 Å². The lowest BCUT2D eigenvalue weighted by atomic mass is 10.0. The smallest absolute Gasteiger partial charge is 0.334 e. The van der Waals surface area contributed by atoms with Gasteiger partial charge in [-0.2, -0.15) is 5.26 Å². The van der Waals surface area contributed by atoms with E-state index in [0.29, 0.717) is 16.1 Å². The number of aliphatic hydroxyl groups is 1. The van der Waals surface area contributed by atoms with Gasteiger partial charge in [-0.05, 0) is 37.3 Å². The molecule has 1 aromatic heterocycles. The summed E-state index contributed by atoms with van der Waals surface area (Å²) in [5, 5.41) is 33.6. The van der Waals surface area contributed by atoms with E-state index in [1.807, 2.05) is 6.07 Å². The van der Waals surface area contributed by atoms with Gasteiger partial charge in [0.2, 0.25) is 0 Å². The molecule has 10 nitrogen and oxygen atoms in total. The van der Waals surface area contributed by atoms with E-state index in [4.69, 9.17) is 16.7 Å². The number of aromatic nitrogens is 1. The lowest BCUT2D eigenvalue weighted by Crippen LogP contribution is -2.41. The minimum Gasteiger partial charge on any atom is -0.481 e. The standard InChI is InChI=1S/C27H25ClF2N6O4/c1-2-35-26-20(8-16(28)13-34-26)19-4-3-15(12-31)7-23(19)36(27(35)40)25-21(29)9-17(10-22(25)30)32-5-6-33-18(14-37)11-24(38)39/h3-4,7-10,13,18,32-33,37H,2,5-6,11,14H2,1H3,(H,38,39)/t18-/m1/s1. The molecule has 0 radical (unpaired) electrons. The Hall–Kier alpha value is -4.31. The number of aliphatic hydroxyl groups excluding tert-OH is 1. The van der Waals surface area contributed by atoms with Gasteiger partial charge in [-0.25, -0.2) is 18.6 Å². The fraction of sp³-hybridized carbons (Fsp3) is 0.259. The number of fused-ring (bicyclic) bond motifs is 3. The Morgan fingerprint density at radius 2 is 1.90 bits per heavy atom. The molecule has 0 saturated heterocycles. The van der Waals surface area contributed by atoms with Crippen LogP contribution in [-0.4, -0.2) is 59.5 Å². The van der Waals surface area contributed by atoms with Crippen molar-refractivity contribution in [1.82, 2.24) is 10.3 Å². The number of carboxylic acids is 1. The van der Waals surface area contributed by atoms with Gasteiger partial charge in [-0.1, -0.05) is 17.7 Å². The third-order valence-corrected chi connectivity index (χ3v) is 6.46. The summed E-state index contributed by atoms with van der Waals surface area (Å²) in [6.45, 7) is 1.80. The topological polar surface area (TPSA) is 142 Å². The summed E-state index contributed by atoms with van der Waals surface area (Å²) in [7, 11) is 0. The molecular weight excluding hydrogens is 546 g/mol. The Morgan fingerprint density at radius 3 is 2.52 bits per heavy atom. The zero-order chi connectivity index (χ0) is 29.0. The molecule has 0 unspecified atom stereocenters. The van der Waals surface area contributed by atoms with Crippen molar-refractivity contribution in [2.24, 2.45) is 0 Å². The molecule has 40 heavy (non-hydrogen) atoms. The Labute approximate surface area is 233 Å². The number of pyridine rings is 1. The van der Waals surface area contributed by atoms with E-state index >= 15 is 8.78 Å². The predicted molar refractivity (Wildman–Crippen MR) is 146 cm³/mol.